The Kier molecular flexibility index (Phi) is 6.89. The number of piperidine rings is 1. The van der Waals surface area contributed by atoms with E-state index in [1.54, 1.807) is 43.8 Å². The van der Waals surface area contributed by atoms with Crippen molar-refractivity contribution < 1.29 is 18.8 Å². The Morgan fingerprint density at radius 3 is 2.68 bits per heavy atom. The average molecular weight is 442 g/mol. The zero-order valence-corrected chi connectivity index (χ0v) is 18.6. The summed E-state index contributed by atoms with van der Waals surface area (Å²) >= 11 is 1.73. The molecule has 0 spiro atoms. The predicted octanol–water partition coefficient (Wildman–Crippen LogP) is 4.38. The molecule has 4 rings (SSSR count). The van der Waals surface area contributed by atoms with Gasteiger partial charge in [0.15, 0.2) is 23.0 Å². The van der Waals surface area contributed by atoms with Gasteiger partial charge in [-0.1, -0.05) is 17.6 Å². The molecule has 1 unspecified atom stereocenters. The first-order valence-electron chi connectivity index (χ1n) is 10.4. The second-order valence-electron chi connectivity index (χ2n) is 7.48. The molecule has 1 atom stereocenters. The number of carbonyl (C=O) groups is 1. The molecule has 3 aromatic rings. The topological polar surface area (TPSA) is 76.8 Å². The van der Waals surface area contributed by atoms with Gasteiger partial charge in [-0.25, -0.2) is 0 Å². The van der Waals surface area contributed by atoms with Gasteiger partial charge < -0.3 is 19.3 Å². The van der Waals surface area contributed by atoms with Gasteiger partial charge in [0.25, 0.3) is 5.91 Å². The van der Waals surface area contributed by atoms with Crippen LogP contribution in [0.1, 0.15) is 40.7 Å². The standard InChI is InChI=1S/C23H27N3O4S/c1-28-19-9-8-16(13-21(19)29-2)20-14-17(25-30-20)23(27)24-15-18(22-7-6-12-31-22)26-10-4-3-5-11-26/h6-9,12-14,18H,3-5,10-11,15H2,1-2H3,(H,24,27). The number of ether oxygens (including phenoxy) is 2. The number of likely N-dealkylation sites (tertiary alicyclic amines) is 1. The number of benzene rings is 1. The van der Waals surface area contributed by atoms with Crippen LogP contribution in [0.3, 0.4) is 0 Å². The summed E-state index contributed by atoms with van der Waals surface area (Å²) in [5, 5.41) is 9.11. The largest absolute Gasteiger partial charge is 0.493 e. The van der Waals surface area contributed by atoms with Crippen LogP contribution in [-0.4, -0.2) is 49.8 Å². The third kappa shape index (κ3) is 4.91. The lowest BCUT2D eigenvalue weighted by atomic mass is 10.1. The lowest BCUT2D eigenvalue weighted by molar-refractivity contribution is 0.0917. The normalized spacial score (nSPS) is 15.4. The number of nitrogens with one attached hydrogen (secondary N) is 1. The minimum Gasteiger partial charge on any atom is -0.493 e. The molecule has 164 valence electrons. The number of thiophene rings is 1. The van der Waals surface area contributed by atoms with Crippen LogP contribution in [0.4, 0.5) is 0 Å². The molecule has 0 radical (unpaired) electrons. The molecule has 1 aliphatic heterocycles. The molecule has 7 nitrogen and oxygen atoms in total. The van der Waals surface area contributed by atoms with Crippen LogP contribution in [0.25, 0.3) is 11.3 Å². The second-order valence-corrected chi connectivity index (χ2v) is 8.46. The van der Waals surface area contributed by atoms with Crippen molar-refractivity contribution in [2.45, 2.75) is 25.3 Å². The summed E-state index contributed by atoms with van der Waals surface area (Å²) in [6.45, 7) is 2.66. The molecule has 1 amide bonds. The Balaban J connectivity index is 1.45. The van der Waals surface area contributed by atoms with Crippen LogP contribution < -0.4 is 14.8 Å². The predicted molar refractivity (Wildman–Crippen MR) is 120 cm³/mol. The highest BCUT2D eigenvalue weighted by Crippen LogP contribution is 2.32. The van der Waals surface area contributed by atoms with Gasteiger partial charge >= 0.3 is 0 Å². The highest BCUT2D eigenvalue weighted by Gasteiger charge is 2.24. The summed E-state index contributed by atoms with van der Waals surface area (Å²) in [5.41, 5.74) is 1.02. The van der Waals surface area contributed by atoms with E-state index in [4.69, 9.17) is 14.0 Å². The van der Waals surface area contributed by atoms with Crippen LogP contribution in [0.2, 0.25) is 0 Å². The summed E-state index contributed by atoms with van der Waals surface area (Å²) in [5.74, 6) is 1.47. The molecule has 2 aromatic heterocycles. The monoisotopic (exact) mass is 441 g/mol. The molecule has 8 heteroatoms. The maximum atomic E-state index is 12.8. The van der Waals surface area contributed by atoms with Crippen LogP contribution in [-0.2, 0) is 0 Å². The minimum atomic E-state index is -0.242. The van der Waals surface area contributed by atoms with Crippen molar-refractivity contribution in [3.8, 4) is 22.8 Å². The van der Waals surface area contributed by atoms with Crippen LogP contribution >= 0.6 is 11.3 Å². The van der Waals surface area contributed by atoms with Gasteiger partial charge in [-0.3, -0.25) is 9.69 Å². The Hall–Kier alpha value is -2.84. The molecule has 31 heavy (non-hydrogen) atoms. The van der Waals surface area contributed by atoms with Crippen molar-refractivity contribution in [2.75, 3.05) is 33.9 Å². The van der Waals surface area contributed by atoms with Crippen molar-refractivity contribution in [3.63, 3.8) is 0 Å². The van der Waals surface area contributed by atoms with E-state index < -0.39 is 0 Å². The van der Waals surface area contributed by atoms with E-state index in [0.29, 0.717) is 23.8 Å². The van der Waals surface area contributed by atoms with Crippen molar-refractivity contribution >= 4 is 17.2 Å². The fourth-order valence-electron chi connectivity index (χ4n) is 3.91. The van der Waals surface area contributed by atoms with Crippen LogP contribution in [0.15, 0.2) is 46.3 Å². The number of carbonyl (C=O) groups excluding carboxylic acids is 1. The van der Waals surface area contributed by atoms with E-state index in [1.165, 1.54) is 24.1 Å². The van der Waals surface area contributed by atoms with Crippen molar-refractivity contribution in [1.82, 2.24) is 15.4 Å². The molecule has 1 N–H and O–H groups in total. The summed E-state index contributed by atoms with van der Waals surface area (Å²) in [6, 6.07) is 11.5. The van der Waals surface area contributed by atoms with Gasteiger partial charge in [-0.2, -0.15) is 0 Å². The highest BCUT2D eigenvalue weighted by molar-refractivity contribution is 7.10. The molecule has 1 fully saturated rings. The fourth-order valence-corrected chi connectivity index (χ4v) is 4.77. The van der Waals surface area contributed by atoms with Gasteiger partial charge in [-0.05, 0) is 55.6 Å². The first-order chi connectivity index (χ1) is 15.2. The number of amides is 1. The Morgan fingerprint density at radius 2 is 1.97 bits per heavy atom. The summed E-state index contributed by atoms with van der Waals surface area (Å²) in [7, 11) is 3.16. The SMILES string of the molecule is COc1ccc(-c2cc(C(=O)NCC(c3cccs3)N3CCCCC3)no2)cc1OC. The molecule has 1 saturated heterocycles. The molecule has 3 heterocycles. The smallest absolute Gasteiger partial charge is 0.273 e. The molecule has 0 aliphatic carbocycles. The average Bonchev–Trinajstić information content (AvgIpc) is 3.52. The van der Waals surface area contributed by atoms with Gasteiger partial charge in [0.05, 0.1) is 20.3 Å². The summed E-state index contributed by atoms with van der Waals surface area (Å²) < 4.78 is 16.0. The quantitative estimate of drug-likeness (QED) is 0.559. The third-order valence-corrected chi connectivity index (χ3v) is 6.54. The summed E-state index contributed by atoms with van der Waals surface area (Å²) in [6.07, 6.45) is 3.68. The molecular formula is C23H27N3O4S. The van der Waals surface area contributed by atoms with Crippen molar-refractivity contribution in [2.24, 2.45) is 0 Å². The Bertz CT molecular complexity index is 996. The third-order valence-electron chi connectivity index (χ3n) is 5.57. The van der Waals surface area contributed by atoms with E-state index in [1.807, 2.05) is 6.07 Å². The first-order valence-corrected chi connectivity index (χ1v) is 11.3. The number of hydrogen-bond acceptors (Lipinski definition) is 7. The number of rotatable bonds is 8. The molecule has 1 aliphatic rings. The number of nitrogens with zero attached hydrogens (tertiary/aromatic N) is 2. The summed E-state index contributed by atoms with van der Waals surface area (Å²) in [4.78, 5) is 16.5. The Labute approximate surface area is 185 Å². The minimum absolute atomic E-state index is 0.182. The van der Waals surface area contributed by atoms with Gasteiger partial charge in [0.1, 0.15) is 0 Å². The zero-order valence-electron chi connectivity index (χ0n) is 17.8. The van der Waals surface area contributed by atoms with Crippen molar-refractivity contribution in [1.29, 1.82) is 0 Å². The van der Waals surface area contributed by atoms with E-state index >= 15 is 0 Å². The molecule has 1 aromatic carbocycles. The highest BCUT2D eigenvalue weighted by atomic mass is 32.1. The second kappa shape index (κ2) is 9.98. The zero-order chi connectivity index (χ0) is 21.6. The van der Waals surface area contributed by atoms with E-state index in [9.17, 15) is 4.79 Å². The number of aromatic nitrogens is 1. The Morgan fingerprint density at radius 1 is 1.16 bits per heavy atom. The van der Waals surface area contributed by atoms with Crippen LogP contribution in [0, 0.1) is 0 Å². The maximum absolute atomic E-state index is 12.8. The molecular weight excluding hydrogens is 414 g/mol. The lowest BCUT2D eigenvalue weighted by Crippen LogP contribution is -2.40. The fraction of sp³-hybridized carbons (Fsp3) is 0.391. The maximum Gasteiger partial charge on any atom is 0.273 e. The van der Waals surface area contributed by atoms with E-state index in [2.05, 4.69) is 32.9 Å². The van der Waals surface area contributed by atoms with E-state index in [0.717, 1.165) is 18.7 Å². The van der Waals surface area contributed by atoms with Gasteiger partial charge in [-0.15, -0.1) is 11.3 Å². The first kappa shape index (κ1) is 21.4. The lowest BCUT2D eigenvalue weighted by Gasteiger charge is -2.34. The molecule has 0 bridgehead atoms. The molecule has 0 saturated carbocycles. The van der Waals surface area contributed by atoms with Crippen LogP contribution in [0.5, 0.6) is 11.5 Å². The van der Waals surface area contributed by atoms with Gasteiger partial charge in [0.2, 0.25) is 0 Å². The van der Waals surface area contributed by atoms with Crippen molar-refractivity contribution in [3.05, 3.63) is 52.3 Å². The van der Waals surface area contributed by atoms with E-state index in [-0.39, 0.29) is 17.6 Å². The number of hydrogen-bond donors (Lipinski definition) is 1. The number of methoxy groups -OCH3 is 2. The van der Waals surface area contributed by atoms with Gasteiger partial charge in [0, 0.05) is 23.1 Å².